The van der Waals surface area contributed by atoms with Crippen molar-refractivity contribution >= 4 is 80.0 Å². The first kappa shape index (κ1) is 63.0. The van der Waals surface area contributed by atoms with Gasteiger partial charge in [-0.15, -0.1) is 0 Å². The number of anilines is 2. The average Bonchev–Trinajstić information content (AvgIpc) is 1.21. The molecule has 1 saturated carbocycles. The van der Waals surface area contributed by atoms with Crippen LogP contribution in [0.2, 0.25) is 10.0 Å². The van der Waals surface area contributed by atoms with E-state index >= 15 is 9.18 Å². The number of aromatic amines is 1. The SMILES string of the molecule is CC(C)(C)[C@@H](CS(=O)(=O)N1CCN(C(=O)COCCOCCOCC(=O)N2CCN(C(=O)c3ccc(Nc4nc(C5CC5)cn5c(-c6cn[nH]c6)cnc45)c(F)c3)CC2)CC1)N1C(=O)[C@@](C)(CC(=O)O)C[C@H](c2cccc(Cl)c2)[C@H]1c1ccc(Cl)cc1. The molecule has 3 aromatic heterocycles. The van der Waals surface area contributed by atoms with E-state index in [-0.39, 0.29) is 127 Å². The fraction of sp³-hybridized carbons (Fsp3) is 0.475. The minimum atomic E-state index is -4.09. The Hall–Kier alpha value is -7.06. The smallest absolute Gasteiger partial charge is 0.304 e. The van der Waals surface area contributed by atoms with Gasteiger partial charge in [0.2, 0.25) is 27.7 Å². The number of nitrogens with one attached hydrogen (secondary N) is 2. The third-order valence-electron chi connectivity index (χ3n) is 16.7. The number of carbonyl (C=O) groups is 5. The number of hydrogen-bond donors (Lipinski definition) is 3. The van der Waals surface area contributed by atoms with E-state index in [4.69, 9.17) is 42.4 Å². The summed E-state index contributed by atoms with van der Waals surface area (Å²) in [6, 6.07) is 16.9. The summed E-state index contributed by atoms with van der Waals surface area (Å²) < 4.78 is 64.9. The summed E-state index contributed by atoms with van der Waals surface area (Å²) in [5.41, 5.74) is 2.64. The number of aromatic nitrogens is 5. The van der Waals surface area contributed by atoms with Crippen LogP contribution in [-0.4, -0.2) is 195 Å². The van der Waals surface area contributed by atoms with Gasteiger partial charge in [-0.1, -0.05) is 75.2 Å². The summed E-state index contributed by atoms with van der Waals surface area (Å²) in [6.07, 6.45) is 8.89. The number of likely N-dealkylation sites (tertiary alicyclic amines) is 1. The monoisotopic (exact) mass is 1260 g/mol. The predicted molar refractivity (Wildman–Crippen MR) is 323 cm³/mol. The van der Waals surface area contributed by atoms with Crippen molar-refractivity contribution in [2.24, 2.45) is 10.8 Å². The van der Waals surface area contributed by atoms with Gasteiger partial charge in [0.05, 0.1) is 85.6 Å². The Morgan fingerprint density at radius 1 is 0.828 bits per heavy atom. The molecule has 4 atom stereocenters. The minimum Gasteiger partial charge on any atom is -0.481 e. The van der Waals surface area contributed by atoms with Crippen LogP contribution < -0.4 is 5.32 Å². The Balaban J connectivity index is 0.636. The normalized spacial score (nSPS) is 20.1. The number of aliphatic carboxylic acids is 1. The first-order valence-electron chi connectivity index (χ1n) is 29.1. The molecule has 0 unspecified atom stereocenters. The first-order chi connectivity index (χ1) is 41.6. The number of ether oxygens (including phenoxy) is 3. The number of piperidine rings is 1. The summed E-state index contributed by atoms with van der Waals surface area (Å²) >= 11 is 12.9. The zero-order valence-corrected chi connectivity index (χ0v) is 51.3. The molecule has 3 aromatic carbocycles. The van der Waals surface area contributed by atoms with Crippen LogP contribution in [0.4, 0.5) is 15.9 Å². The Morgan fingerprint density at radius 2 is 1.47 bits per heavy atom. The summed E-state index contributed by atoms with van der Waals surface area (Å²) in [5.74, 6) is -3.38. The largest absolute Gasteiger partial charge is 0.481 e. The summed E-state index contributed by atoms with van der Waals surface area (Å²) in [5, 5.41) is 21.1. The third kappa shape index (κ3) is 14.8. The van der Waals surface area contributed by atoms with Crippen molar-refractivity contribution < 1.29 is 56.1 Å². The molecule has 0 spiro atoms. The highest BCUT2D eigenvalue weighted by molar-refractivity contribution is 7.89. The molecule has 87 heavy (non-hydrogen) atoms. The van der Waals surface area contributed by atoms with Gasteiger partial charge < -0.3 is 44.2 Å². The minimum absolute atomic E-state index is 0.0152. The van der Waals surface area contributed by atoms with E-state index in [1.54, 1.807) is 81.5 Å². The number of carboxylic acids is 1. The van der Waals surface area contributed by atoms with Crippen molar-refractivity contribution in [1.82, 2.24) is 48.5 Å². The van der Waals surface area contributed by atoms with Crippen molar-refractivity contribution in [2.45, 2.75) is 77.3 Å². The van der Waals surface area contributed by atoms with E-state index in [0.29, 0.717) is 33.0 Å². The number of carbonyl (C=O) groups excluding carboxylic acids is 4. The molecule has 4 aliphatic rings. The highest BCUT2D eigenvalue weighted by Crippen LogP contribution is 2.54. The highest BCUT2D eigenvalue weighted by atomic mass is 35.5. The number of H-pyrrole nitrogens is 1. The Morgan fingerprint density at radius 3 is 2.07 bits per heavy atom. The van der Waals surface area contributed by atoms with E-state index in [2.05, 4.69) is 20.5 Å². The van der Waals surface area contributed by atoms with Crippen LogP contribution in [0.3, 0.4) is 0 Å². The Labute approximate surface area is 514 Å². The summed E-state index contributed by atoms with van der Waals surface area (Å²) in [6.45, 7) is 8.63. The highest BCUT2D eigenvalue weighted by Gasteiger charge is 2.55. The number of rotatable bonds is 23. The molecule has 10 rings (SSSR count). The van der Waals surface area contributed by atoms with Gasteiger partial charge in [-0.05, 0) is 78.3 Å². The molecule has 3 N–H and O–H groups in total. The van der Waals surface area contributed by atoms with Crippen molar-refractivity contribution in [3.63, 3.8) is 0 Å². The fourth-order valence-electron chi connectivity index (χ4n) is 11.8. The fourth-order valence-corrected chi connectivity index (χ4v) is 14.1. The molecule has 3 saturated heterocycles. The van der Waals surface area contributed by atoms with Crippen molar-refractivity contribution in [3.8, 4) is 11.3 Å². The van der Waals surface area contributed by atoms with Gasteiger partial charge in [-0.2, -0.15) is 9.40 Å². The number of amides is 4. The molecule has 1 aliphatic carbocycles. The number of hydrogen-bond acceptors (Lipinski definition) is 14. The number of imidazole rings is 1. The molecule has 4 fully saturated rings. The first-order valence-corrected chi connectivity index (χ1v) is 31.5. The van der Waals surface area contributed by atoms with Crippen LogP contribution >= 0.6 is 23.2 Å². The summed E-state index contributed by atoms with van der Waals surface area (Å²) in [7, 11) is -4.09. The summed E-state index contributed by atoms with van der Waals surface area (Å²) in [4.78, 5) is 82.9. The van der Waals surface area contributed by atoms with Crippen molar-refractivity contribution in [3.05, 3.63) is 130 Å². The van der Waals surface area contributed by atoms with E-state index in [0.717, 1.165) is 35.4 Å². The van der Waals surface area contributed by atoms with Gasteiger partial charge in [-0.25, -0.2) is 22.8 Å². The van der Waals surface area contributed by atoms with Gasteiger partial charge in [0.15, 0.2) is 11.5 Å². The van der Waals surface area contributed by atoms with Gasteiger partial charge in [0.1, 0.15) is 19.0 Å². The van der Waals surface area contributed by atoms with Crippen LogP contribution in [0, 0.1) is 16.6 Å². The zero-order chi connectivity index (χ0) is 61.8. The Kier molecular flexibility index (Phi) is 19.3. The second-order valence-corrected chi connectivity index (χ2v) is 26.9. The maximum absolute atomic E-state index is 15.7. The van der Waals surface area contributed by atoms with Crippen LogP contribution in [0.5, 0.6) is 0 Å². The second kappa shape index (κ2) is 26.7. The quantitative estimate of drug-likeness (QED) is 0.0521. The molecule has 3 aliphatic heterocycles. The number of carboxylic acid groups (broad SMARTS) is 1. The standard InChI is InChI=1S/C61H72Cl2FN11O11S/c1-60(2,3)51(75-55(40-10-13-44(62)14-11-40)46(41-6-5-7-45(63)28-41)30-61(4,59(75)81)31-54(78)79)38-87(82,83)73-22-20-71(21-23-73)53(77)37-86-27-25-84-24-26-85-36-52(76)70-16-18-72(19-17-70)58(80)42-12-15-48(47(64)29-42)68-56-57-65-34-50(43-32-66-67-33-43)74(57)35-49(69-56)39-8-9-39/h5-7,10-15,28-29,32-35,39,46,51,55H,8-9,16-27,30-31,36-38H2,1-4H3,(H,66,67)(H,68,69)(H,78,79)/t46-,51-,55-,61-/m1/s1. The van der Waals surface area contributed by atoms with Crippen molar-refractivity contribution in [1.29, 1.82) is 0 Å². The molecule has 464 valence electrons. The van der Waals surface area contributed by atoms with Crippen LogP contribution in [-0.2, 0) is 43.4 Å². The van der Waals surface area contributed by atoms with E-state index in [1.807, 2.05) is 49.6 Å². The van der Waals surface area contributed by atoms with Crippen molar-refractivity contribution in [2.75, 3.05) is 103 Å². The number of fused-ring (bicyclic) bond motifs is 1. The Bertz CT molecular complexity index is 3590. The lowest BCUT2D eigenvalue weighted by Crippen LogP contribution is -2.62. The number of sulfonamides is 1. The zero-order valence-electron chi connectivity index (χ0n) is 49.0. The van der Waals surface area contributed by atoms with E-state index < -0.39 is 68.7 Å². The molecule has 22 nitrogen and oxygen atoms in total. The van der Waals surface area contributed by atoms with Crippen LogP contribution in [0.25, 0.3) is 16.9 Å². The molecule has 0 bridgehead atoms. The van der Waals surface area contributed by atoms with Gasteiger partial charge in [0.25, 0.3) is 5.91 Å². The predicted octanol–water partition coefficient (Wildman–Crippen LogP) is 7.65. The lowest BCUT2D eigenvalue weighted by atomic mass is 9.66. The molecule has 0 radical (unpaired) electrons. The lowest BCUT2D eigenvalue weighted by Gasteiger charge is -2.54. The third-order valence-corrected chi connectivity index (χ3v) is 19.1. The van der Waals surface area contributed by atoms with E-state index in [9.17, 15) is 32.7 Å². The average molecular weight is 1260 g/mol. The van der Waals surface area contributed by atoms with Gasteiger partial charge in [0, 0.05) is 97.8 Å². The molecule has 26 heteroatoms. The molecular weight excluding hydrogens is 1180 g/mol. The number of benzene rings is 3. The number of piperazine rings is 2. The van der Waals surface area contributed by atoms with Crippen LogP contribution in [0.1, 0.15) is 98.4 Å². The van der Waals surface area contributed by atoms with E-state index in [1.165, 1.54) is 16.4 Å². The molecule has 6 aromatic rings. The maximum Gasteiger partial charge on any atom is 0.304 e. The van der Waals surface area contributed by atoms with Gasteiger partial charge >= 0.3 is 5.97 Å². The maximum atomic E-state index is 15.7. The number of halogens is 3. The number of nitrogens with zero attached hydrogens (tertiary/aromatic N) is 9. The van der Waals surface area contributed by atoms with Gasteiger partial charge in [-0.3, -0.25) is 33.5 Å². The van der Waals surface area contributed by atoms with Crippen LogP contribution in [0.15, 0.2) is 91.5 Å². The second-order valence-electron chi connectivity index (χ2n) is 24.0. The molecule has 6 heterocycles. The molecular formula is C61H72Cl2FN11O11S. The lowest BCUT2D eigenvalue weighted by molar-refractivity contribution is -0.162. The molecule has 4 amide bonds. The topological polar surface area (TPSA) is 255 Å².